The minimum absolute atomic E-state index is 0.265. The maximum absolute atomic E-state index is 9.91. The van der Waals surface area contributed by atoms with Crippen LogP contribution >= 0.6 is 11.8 Å². The van der Waals surface area contributed by atoms with Crippen molar-refractivity contribution < 1.29 is 5.11 Å². The van der Waals surface area contributed by atoms with Gasteiger partial charge in [-0.3, -0.25) is 4.68 Å². The van der Waals surface area contributed by atoms with Gasteiger partial charge >= 0.3 is 0 Å². The number of aromatic nitrogens is 3. The molecule has 0 radical (unpaired) electrons. The summed E-state index contributed by atoms with van der Waals surface area (Å²) in [5.41, 5.74) is 0.882. The lowest BCUT2D eigenvalue weighted by molar-refractivity contribution is 0.169. The van der Waals surface area contributed by atoms with Crippen LogP contribution < -0.4 is 0 Å². The van der Waals surface area contributed by atoms with Crippen LogP contribution in [0, 0.1) is 0 Å². The summed E-state index contributed by atoms with van der Waals surface area (Å²) in [5, 5.41) is 18.1. The van der Waals surface area contributed by atoms with Gasteiger partial charge in [-0.2, -0.15) is 11.8 Å². The van der Waals surface area contributed by atoms with Gasteiger partial charge in [0.1, 0.15) is 0 Å². The second-order valence-electron chi connectivity index (χ2n) is 3.71. The van der Waals surface area contributed by atoms with Gasteiger partial charge in [-0.05, 0) is 18.6 Å². The molecule has 2 heterocycles. The van der Waals surface area contributed by atoms with E-state index in [0.717, 1.165) is 12.1 Å². The fraction of sp³-hybridized carbons (Fsp3) is 0.778. The average Bonchev–Trinajstić information content (AvgIpc) is 2.75. The predicted molar refractivity (Wildman–Crippen MR) is 56.2 cm³/mol. The maximum Gasteiger partial charge on any atom is 0.0853 e. The topological polar surface area (TPSA) is 50.9 Å². The van der Waals surface area contributed by atoms with Crippen molar-refractivity contribution in [2.24, 2.45) is 7.05 Å². The van der Waals surface area contributed by atoms with E-state index in [9.17, 15) is 5.11 Å². The third-order valence-electron chi connectivity index (χ3n) is 2.46. The number of aliphatic hydroxyl groups is 1. The zero-order valence-corrected chi connectivity index (χ0v) is 9.07. The van der Waals surface area contributed by atoms with Crippen molar-refractivity contribution in [2.45, 2.75) is 30.6 Å². The summed E-state index contributed by atoms with van der Waals surface area (Å²) in [6.45, 7) is 0. The zero-order chi connectivity index (χ0) is 9.97. The van der Waals surface area contributed by atoms with Crippen LogP contribution in [0.2, 0.25) is 0 Å². The molecule has 1 aromatic heterocycles. The van der Waals surface area contributed by atoms with Gasteiger partial charge in [0.2, 0.25) is 0 Å². The molecule has 5 heteroatoms. The van der Waals surface area contributed by atoms with Gasteiger partial charge in [-0.25, -0.2) is 0 Å². The third-order valence-corrected chi connectivity index (χ3v) is 3.96. The fourth-order valence-corrected chi connectivity index (χ4v) is 3.03. The van der Waals surface area contributed by atoms with Crippen LogP contribution in [0.15, 0.2) is 6.20 Å². The highest BCUT2D eigenvalue weighted by Gasteiger charge is 2.24. The number of hydrogen-bond donors (Lipinski definition) is 1. The standard InChI is InChI=1S/C9H15N3OS/c1-12-6-7(10-11-12)5-8(13)9-3-2-4-14-9/h6,8-9,13H,2-5H2,1H3. The summed E-state index contributed by atoms with van der Waals surface area (Å²) in [5.74, 6) is 1.18. The van der Waals surface area contributed by atoms with E-state index >= 15 is 0 Å². The summed E-state index contributed by atoms with van der Waals surface area (Å²) in [6, 6.07) is 0. The molecule has 0 aromatic carbocycles. The van der Waals surface area contributed by atoms with E-state index in [1.165, 1.54) is 12.2 Å². The van der Waals surface area contributed by atoms with Crippen LogP contribution in [0.3, 0.4) is 0 Å². The van der Waals surface area contributed by atoms with Crippen molar-refractivity contribution >= 4 is 11.8 Å². The highest BCUT2D eigenvalue weighted by Crippen LogP contribution is 2.29. The number of aliphatic hydroxyl groups excluding tert-OH is 1. The Balaban J connectivity index is 1.90. The normalized spacial score (nSPS) is 24.0. The van der Waals surface area contributed by atoms with Crippen molar-refractivity contribution in [3.8, 4) is 0 Å². The summed E-state index contributed by atoms with van der Waals surface area (Å²) >= 11 is 1.87. The van der Waals surface area contributed by atoms with Gasteiger partial charge in [0, 0.05) is 24.9 Å². The summed E-state index contributed by atoms with van der Waals surface area (Å²) in [7, 11) is 1.84. The van der Waals surface area contributed by atoms with Gasteiger partial charge in [0.15, 0.2) is 0 Å². The molecule has 0 saturated carbocycles. The molecule has 0 aliphatic carbocycles. The number of hydrogen-bond acceptors (Lipinski definition) is 4. The maximum atomic E-state index is 9.91. The van der Waals surface area contributed by atoms with Crippen LogP contribution in [0.5, 0.6) is 0 Å². The lowest BCUT2D eigenvalue weighted by Crippen LogP contribution is -2.23. The summed E-state index contributed by atoms with van der Waals surface area (Å²) < 4.78 is 1.67. The largest absolute Gasteiger partial charge is 0.392 e. The molecule has 78 valence electrons. The van der Waals surface area contributed by atoms with Crippen LogP contribution in [0.25, 0.3) is 0 Å². The first-order chi connectivity index (χ1) is 6.75. The van der Waals surface area contributed by atoms with Crippen LogP contribution in [0.1, 0.15) is 18.5 Å². The summed E-state index contributed by atoms with van der Waals surface area (Å²) in [4.78, 5) is 0. The van der Waals surface area contributed by atoms with Gasteiger partial charge in [0.05, 0.1) is 11.8 Å². The highest BCUT2D eigenvalue weighted by molar-refractivity contribution is 8.00. The smallest absolute Gasteiger partial charge is 0.0853 e. The van der Waals surface area contributed by atoms with E-state index in [2.05, 4.69) is 10.3 Å². The molecule has 1 saturated heterocycles. The van der Waals surface area contributed by atoms with E-state index in [1.807, 2.05) is 25.0 Å². The molecular formula is C9H15N3OS. The lowest BCUT2D eigenvalue weighted by Gasteiger charge is -2.14. The molecule has 14 heavy (non-hydrogen) atoms. The molecule has 0 amide bonds. The fourth-order valence-electron chi connectivity index (χ4n) is 1.74. The number of rotatable bonds is 3. The van der Waals surface area contributed by atoms with E-state index in [0.29, 0.717) is 11.7 Å². The Labute approximate surface area is 87.7 Å². The first kappa shape index (κ1) is 9.98. The minimum Gasteiger partial charge on any atom is -0.392 e. The SMILES string of the molecule is Cn1cc(CC(O)C2CCCS2)nn1. The number of aryl methyl sites for hydroxylation is 1. The Morgan fingerprint density at radius 3 is 3.21 bits per heavy atom. The minimum atomic E-state index is -0.265. The van der Waals surface area contributed by atoms with E-state index in [-0.39, 0.29) is 6.10 Å². The monoisotopic (exact) mass is 213 g/mol. The molecule has 1 aliphatic rings. The quantitative estimate of drug-likeness (QED) is 0.799. The number of thioether (sulfide) groups is 1. The van der Waals surface area contributed by atoms with E-state index < -0.39 is 0 Å². The van der Waals surface area contributed by atoms with Gasteiger partial charge in [0.25, 0.3) is 0 Å². The molecular weight excluding hydrogens is 198 g/mol. The molecule has 1 aromatic rings. The van der Waals surface area contributed by atoms with Gasteiger partial charge in [-0.1, -0.05) is 5.21 Å². The first-order valence-corrected chi connectivity index (χ1v) is 5.95. The Hall–Kier alpha value is -0.550. The van der Waals surface area contributed by atoms with Crippen molar-refractivity contribution in [3.05, 3.63) is 11.9 Å². The van der Waals surface area contributed by atoms with Crippen LogP contribution in [0.4, 0.5) is 0 Å². The van der Waals surface area contributed by atoms with Crippen molar-refractivity contribution in [1.29, 1.82) is 0 Å². The third kappa shape index (κ3) is 2.27. The molecule has 0 bridgehead atoms. The summed E-state index contributed by atoms with van der Waals surface area (Å²) in [6.07, 6.45) is 4.59. The van der Waals surface area contributed by atoms with Crippen molar-refractivity contribution in [3.63, 3.8) is 0 Å². The Bertz CT molecular complexity index is 296. The average molecular weight is 213 g/mol. The lowest BCUT2D eigenvalue weighted by atomic mass is 10.1. The zero-order valence-electron chi connectivity index (χ0n) is 8.26. The molecule has 1 aliphatic heterocycles. The number of nitrogens with zero attached hydrogens (tertiary/aromatic N) is 3. The second kappa shape index (κ2) is 4.31. The molecule has 1 fully saturated rings. The molecule has 2 rings (SSSR count). The first-order valence-electron chi connectivity index (χ1n) is 4.90. The van der Waals surface area contributed by atoms with Crippen LogP contribution in [-0.2, 0) is 13.5 Å². The van der Waals surface area contributed by atoms with E-state index in [1.54, 1.807) is 4.68 Å². The van der Waals surface area contributed by atoms with Gasteiger partial charge in [-0.15, -0.1) is 5.10 Å². The highest BCUT2D eigenvalue weighted by atomic mass is 32.2. The predicted octanol–water partition coefficient (Wildman–Crippen LogP) is 0.614. The Morgan fingerprint density at radius 2 is 2.64 bits per heavy atom. The Morgan fingerprint density at radius 1 is 1.79 bits per heavy atom. The Kier molecular flexibility index (Phi) is 3.08. The molecule has 4 nitrogen and oxygen atoms in total. The van der Waals surface area contributed by atoms with Crippen LogP contribution in [-0.4, -0.2) is 37.2 Å². The molecule has 2 atom stereocenters. The van der Waals surface area contributed by atoms with Gasteiger partial charge < -0.3 is 5.11 Å². The van der Waals surface area contributed by atoms with E-state index in [4.69, 9.17) is 0 Å². The molecule has 1 N–H and O–H groups in total. The second-order valence-corrected chi connectivity index (χ2v) is 5.05. The molecule has 0 spiro atoms. The molecule has 2 unspecified atom stereocenters. The van der Waals surface area contributed by atoms with Crippen molar-refractivity contribution in [2.75, 3.05) is 5.75 Å². The van der Waals surface area contributed by atoms with Crippen molar-refractivity contribution in [1.82, 2.24) is 15.0 Å².